The van der Waals surface area contributed by atoms with Crippen molar-refractivity contribution < 1.29 is 4.57 Å². The molecule has 0 N–H and O–H groups in total. The second-order valence-corrected chi connectivity index (χ2v) is 21.4. The second-order valence-electron chi connectivity index (χ2n) is 14.4. The van der Waals surface area contributed by atoms with Crippen molar-refractivity contribution in [3.63, 3.8) is 0 Å². The molecule has 9 aromatic rings. The summed E-state index contributed by atoms with van der Waals surface area (Å²) in [5.74, 6) is 1.84. The minimum Gasteiger partial charge on any atom is -0.309 e. The summed E-state index contributed by atoms with van der Waals surface area (Å²) in [6.45, 7) is 4.79. The lowest BCUT2D eigenvalue weighted by Gasteiger charge is -2.38. The molecule has 0 bridgehead atoms. The molecule has 5 nitrogen and oxygen atoms in total. The summed E-state index contributed by atoms with van der Waals surface area (Å²) in [6.07, 6.45) is 0. The molecule has 0 saturated carbocycles. The second kappa shape index (κ2) is 12.4. The lowest BCUT2D eigenvalue weighted by atomic mass is 10.1. The molecule has 0 saturated heterocycles. The van der Waals surface area contributed by atoms with Crippen molar-refractivity contribution in [1.29, 1.82) is 0 Å². The molecule has 0 spiro atoms. The predicted octanol–water partition coefficient (Wildman–Crippen LogP) is 8.75. The van der Waals surface area contributed by atoms with Crippen molar-refractivity contribution in [2.45, 2.75) is 13.1 Å². The molecule has 1 aliphatic rings. The molecule has 1 aliphatic heterocycles. The fourth-order valence-electron chi connectivity index (χ4n) is 8.21. The van der Waals surface area contributed by atoms with Crippen molar-refractivity contribution >= 4 is 63.3 Å². The van der Waals surface area contributed by atoms with Gasteiger partial charge in [0.05, 0.1) is 11.0 Å². The number of rotatable bonds is 5. The third-order valence-corrected chi connectivity index (χ3v) is 18.0. The quantitative estimate of drug-likeness (QED) is 0.131. The molecule has 2 aromatic heterocycles. The predicted molar refractivity (Wildman–Crippen MR) is 227 cm³/mol. The van der Waals surface area contributed by atoms with Crippen molar-refractivity contribution in [3.8, 4) is 39.9 Å². The van der Waals surface area contributed by atoms with E-state index in [1.165, 1.54) is 10.4 Å². The van der Waals surface area contributed by atoms with Crippen molar-refractivity contribution in [2.24, 2.45) is 0 Å². The Kier molecular flexibility index (Phi) is 7.48. The lowest BCUT2D eigenvalue weighted by Crippen LogP contribution is -2.67. The van der Waals surface area contributed by atoms with E-state index in [1.807, 2.05) is 97.1 Å². The monoisotopic (exact) mass is 730 g/mol. The minimum absolute atomic E-state index is 0.598. The maximum atomic E-state index is 16.0. The molecule has 10 rings (SSSR count). The molecule has 258 valence electrons. The smallest absolute Gasteiger partial charge is 0.170 e. The average Bonchev–Trinajstić information content (AvgIpc) is 3.56. The molecule has 0 fully saturated rings. The Labute approximate surface area is 315 Å². The molecular weight excluding hydrogens is 696 g/mol. The molecule has 0 aliphatic carbocycles. The van der Waals surface area contributed by atoms with Gasteiger partial charge in [-0.1, -0.05) is 147 Å². The topological polar surface area (TPSA) is 60.7 Å². The van der Waals surface area contributed by atoms with Crippen LogP contribution >= 0.6 is 7.14 Å². The molecule has 54 heavy (non-hydrogen) atoms. The van der Waals surface area contributed by atoms with Crippen LogP contribution in [0.5, 0.6) is 0 Å². The summed E-state index contributed by atoms with van der Waals surface area (Å²) in [6, 6.07) is 60.3. The van der Waals surface area contributed by atoms with Gasteiger partial charge in [-0.05, 0) is 52.8 Å². The van der Waals surface area contributed by atoms with Gasteiger partial charge in [0.1, 0.15) is 8.07 Å². The molecule has 0 radical (unpaired) electrons. The zero-order chi connectivity index (χ0) is 36.4. The summed E-state index contributed by atoms with van der Waals surface area (Å²) in [5.41, 5.74) is 5.97. The van der Waals surface area contributed by atoms with Gasteiger partial charge in [0.15, 0.2) is 24.6 Å². The number of fused-ring (bicyclic) bond motifs is 5. The Morgan fingerprint density at radius 3 is 1.61 bits per heavy atom. The largest absolute Gasteiger partial charge is 0.309 e. The van der Waals surface area contributed by atoms with Crippen LogP contribution < -0.4 is 26.3 Å². The maximum Gasteiger partial charge on any atom is 0.170 e. The van der Waals surface area contributed by atoms with Gasteiger partial charge in [0.25, 0.3) is 0 Å². The third kappa shape index (κ3) is 4.98. The highest BCUT2D eigenvalue weighted by Crippen LogP contribution is 2.46. The highest BCUT2D eigenvalue weighted by molar-refractivity contribution is 7.87. The molecule has 1 unspecified atom stereocenters. The van der Waals surface area contributed by atoms with Crippen LogP contribution in [0.4, 0.5) is 0 Å². The van der Waals surface area contributed by atoms with E-state index < -0.39 is 15.2 Å². The number of aromatic nitrogens is 4. The van der Waals surface area contributed by atoms with Crippen LogP contribution in [-0.4, -0.2) is 27.6 Å². The highest BCUT2D eigenvalue weighted by Gasteiger charge is 2.46. The summed E-state index contributed by atoms with van der Waals surface area (Å²) in [5, 5.41) is 7.35. The first kappa shape index (κ1) is 32.4. The Hall–Kier alpha value is -6.20. The number of nitrogens with zero attached hydrogens (tertiary/aromatic N) is 4. The normalized spacial score (nSPS) is 15.9. The molecule has 3 heterocycles. The average molecular weight is 731 g/mol. The minimum atomic E-state index is -3.23. The van der Waals surface area contributed by atoms with Crippen LogP contribution in [0.2, 0.25) is 13.1 Å². The van der Waals surface area contributed by atoms with E-state index in [0.717, 1.165) is 60.1 Å². The first-order valence-corrected chi connectivity index (χ1v) is 22.9. The summed E-state index contributed by atoms with van der Waals surface area (Å²) < 4.78 is 18.4. The van der Waals surface area contributed by atoms with Gasteiger partial charge < -0.3 is 9.13 Å². The zero-order valence-corrected chi connectivity index (χ0v) is 31.8. The van der Waals surface area contributed by atoms with Gasteiger partial charge in [-0.15, -0.1) is 0 Å². The van der Waals surface area contributed by atoms with Crippen LogP contribution in [0, 0.1) is 0 Å². The van der Waals surface area contributed by atoms with Crippen LogP contribution in [0.3, 0.4) is 0 Å². The van der Waals surface area contributed by atoms with Gasteiger partial charge in [0, 0.05) is 49.1 Å². The van der Waals surface area contributed by atoms with Gasteiger partial charge >= 0.3 is 0 Å². The Morgan fingerprint density at radius 1 is 0.463 bits per heavy atom. The van der Waals surface area contributed by atoms with Gasteiger partial charge in [-0.3, -0.25) is 0 Å². The van der Waals surface area contributed by atoms with Crippen LogP contribution in [-0.2, 0) is 4.57 Å². The fraction of sp³-hybridized carbons (Fsp3) is 0.0426. The van der Waals surface area contributed by atoms with Crippen LogP contribution in [0.15, 0.2) is 176 Å². The van der Waals surface area contributed by atoms with Crippen LogP contribution in [0.1, 0.15) is 0 Å². The molecule has 7 heteroatoms. The fourth-order valence-corrected chi connectivity index (χ4v) is 16.4. The Bertz CT molecular complexity index is 2870. The van der Waals surface area contributed by atoms with Gasteiger partial charge in [-0.2, -0.15) is 0 Å². The van der Waals surface area contributed by atoms with E-state index in [9.17, 15) is 0 Å². The molecular formula is C47H35N4OPSi. The molecule has 0 amide bonds. The zero-order valence-electron chi connectivity index (χ0n) is 29.9. The van der Waals surface area contributed by atoms with E-state index >= 15 is 4.57 Å². The summed E-state index contributed by atoms with van der Waals surface area (Å²) in [4.78, 5) is 15.0. The third-order valence-electron chi connectivity index (χ3n) is 10.9. The van der Waals surface area contributed by atoms with E-state index in [-0.39, 0.29) is 0 Å². The number of benzene rings is 7. The van der Waals surface area contributed by atoms with E-state index in [2.05, 4.69) is 96.5 Å². The van der Waals surface area contributed by atoms with Crippen molar-refractivity contribution in [1.82, 2.24) is 19.5 Å². The standard InChI is InChI=1S/C47H35N4OPSi/c1-54(2)43-26-16-15-25-41(43)53(52,36-23-13-6-14-24-36)42-30-38-37-29-34(27-28-39(37)51(40(38)31-44(42)54)35-21-11-5-12-22-35)47-49-45(32-17-7-3-8-18-32)48-46(50-47)33-19-9-4-10-20-33/h3-31H,1-2H3. The number of para-hydroxylation sites is 1. The summed E-state index contributed by atoms with van der Waals surface area (Å²) >= 11 is 0. The molecule has 7 aromatic carbocycles. The summed E-state index contributed by atoms with van der Waals surface area (Å²) in [7, 11) is -5.53. The SMILES string of the molecule is C[Si]1(C)c2ccccc2P(=O)(c2ccccc2)c2cc3c4cc(-c5nc(-c6ccccc6)nc(-c6ccccc6)n5)ccc4n(-c4ccccc4)c3cc21. The Balaban J connectivity index is 1.28. The maximum absolute atomic E-state index is 16.0. The Morgan fingerprint density at radius 2 is 0.981 bits per heavy atom. The molecule has 1 atom stereocenters. The van der Waals surface area contributed by atoms with E-state index in [4.69, 9.17) is 15.0 Å². The van der Waals surface area contributed by atoms with Crippen molar-refractivity contribution in [2.75, 3.05) is 0 Å². The van der Waals surface area contributed by atoms with E-state index in [1.54, 1.807) is 0 Å². The highest BCUT2D eigenvalue weighted by atomic mass is 31.2. The number of hydrogen-bond donors (Lipinski definition) is 0. The first-order valence-electron chi connectivity index (χ1n) is 18.2. The van der Waals surface area contributed by atoms with Gasteiger partial charge in [-0.25, -0.2) is 15.0 Å². The van der Waals surface area contributed by atoms with Gasteiger partial charge in [0.2, 0.25) is 0 Å². The van der Waals surface area contributed by atoms with E-state index in [0.29, 0.717) is 17.5 Å². The first-order chi connectivity index (χ1) is 26.4. The van der Waals surface area contributed by atoms with Crippen LogP contribution in [0.25, 0.3) is 61.7 Å². The lowest BCUT2D eigenvalue weighted by molar-refractivity contribution is 0.592. The number of hydrogen-bond acceptors (Lipinski definition) is 4. The van der Waals surface area contributed by atoms with Crippen molar-refractivity contribution in [3.05, 3.63) is 176 Å².